The molecule has 5 nitrogen and oxygen atoms in total. The van der Waals surface area contributed by atoms with Crippen LogP contribution in [0.4, 0.5) is 0 Å². The van der Waals surface area contributed by atoms with E-state index in [0.29, 0.717) is 19.7 Å². The maximum atomic E-state index is 12.7. The zero-order valence-electron chi connectivity index (χ0n) is 11.5. The van der Waals surface area contributed by atoms with Crippen LogP contribution in [0.2, 0.25) is 0 Å². The first-order valence-corrected chi connectivity index (χ1v) is 7.97. The Morgan fingerprint density at radius 1 is 1.38 bits per heavy atom. The highest BCUT2D eigenvalue weighted by molar-refractivity contribution is 7.99. The van der Waals surface area contributed by atoms with Gasteiger partial charge in [0.05, 0.1) is 25.0 Å². The van der Waals surface area contributed by atoms with Crippen molar-refractivity contribution in [3.63, 3.8) is 0 Å². The number of carbonyl (C=O) groups is 2. The number of benzene rings is 1. The van der Waals surface area contributed by atoms with Gasteiger partial charge in [0.2, 0.25) is 5.91 Å². The van der Waals surface area contributed by atoms with Crippen molar-refractivity contribution in [3.05, 3.63) is 29.8 Å². The van der Waals surface area contributed by atoms with E-state index in [4.69, 9.17) is 9.84 Å². The van der Waals surface area contributed by atoms with E-state index >= 15 is 0 Å². The molecule has 0 spiro atoms. The van der Waals surface area contributed by atoms with Gasteiger partial charge in [-0.3, -0.25) is 9.59 Å². The molecule has 0 aliphatic carbocycles. The van der Waals surface area contributed by atoms with Gasteiger partial charge in [-0.2, -0.15) is 0 Å². The number of carboxylic acid groups (broad SMARTS) is 1. The van der Waals surface area contributed by atoms with E-state index in [9.17, 15) is 9.59 Å². The third-order valence-electron chi connectivity index (χ3n) is 3.85. The zero-order chi connectivity index (χ0) is 14.8. The molecule has 2 atom stereocenters. The highest BCUT2D eigenvalue weighted by Gasteiger charge is 2.34. The molecule has 1 aromatic rings. The molecule has 1 aromatic carbocycles. The number of rotatable bonds is 3. The van der Waals surface area contributed by atoms with Crippen LogP contribution in [0.25, 0.3) is 0 Å². The molecule has 2 aliphatic heterocycles. The quantitative estimate of drug-likeness (QED) is 0.918. The summed E-state index contributed by atoms with van der Waals surface area (Å²) in [7, 11) is 0. The molecular weight excluding hydrogens is 290 g/mol. The van der Waals surface area contributed by atoms with Gasteiger partial charge in [-0.05, 0) is 11.6 Å². The van der Waals surface area contributed by atoms with E-state index in [0.717, 1.165) is 11.3 Å². The van der Waals surface area contributed by atoms with Gasteiger partial charge in [0.1, 0.15) is 0 Å². The molecule has 0 bridgehead atoms. The summed E-state index contributed by atoms with van der Waals surface area (Å²) < 4.78 is 5.42. The lowest BCUT2D eigenvalue weighted by atomic mass is 9.99. The summed E-state index contributed by atoms with van der Waals surface area (Å²) in [6, 6.07) is 7.99. The SMILES string of the molecule is O=C(O)C[C@@H]1CN(C(=O)[C@H]2CSc3ccccc32)CCO1. The minimum Gasteiger partial charge on any atom is -0.481 e. The van der Waals surface area contributed by atoms with Crippen LogP contribution < -0.4 is 0 Å². The molecule has 112 valence electrons. The highest BCUT2D eigenvalue weighted by atomic mass is 32.2. The Labute approximate surface area is 127 Å². The molecule has 0 radical (unpaired) electrons. The third-order valence-corrected chi connectivity index (χ3v) is 5.03. The first-order chi connectivity index (χ1) is 10.1. The number of carboxylic acids is 1. The molecule has 6 heteroatoms. The Hall–Kier alpha value is -1.53. The number of nitrogens with zero attached hydrogens (tertiary/aromatic N) is 1. The smallest absolute Gasteiger partial charge is 0.306 e. The summed E-state index contributed by atoms with van der Waals surface area (Å²) in [4.78, 5) is 26.4. The fourth-order valence-corrected chi connectivity index (χ4v) is 4.05. The fraction of sp³-hybridized carbons (Fsp3) is 0.467. The van der Waals surface area contributed by atoms with Crippen LogP contribution in [0.5, 0.6) is 0 Å². The summed E-state index contributed by atoms with van der Waals surface area (Å²) >= 11 is 1.71. The summed E-state index contributed by atoms with van der Waals surface area (Å²) in [5, 5.41) is 8.85. The number of morpholine rings is 1. The van der Waals surface area contributed by atoms with Crippen LogP contribution in [-0.2, 0) is 14.3 Å². The molecule has 21 heavy (non-hydrogen) atoms. The van der Waals surface area contributed by atoms with Crippen LogP contribution in [0.15, 0.2) is 29.2 Å². The predicted octanol–water partition coefficient (Wildman–Crippen LogP) is 1.58. The zero-order valence-corrected chi connectivity index (χ0v) is 12.3. The number of aliphatic carboxylic acids is 1. The second kappa shape index (κ2) is 6.07. The summed E-state index contributed by atoms with van der Waals surface area (Å²) in [5.41, 5.74) is 1.09. The Morgan fingerprint density at radius 3 is 3.00 bits per heavy atom. The van der Waals surface area contributed by atoms with Crippen molar-refractivity contribution in [2.24, 2.45) is 0 Å². The van der Waals surface area contributed by atoms with Crippen molar-refractivity contribution < 1.29 is 19.4 Å². The molecule has 0 aromatic heterocycles. The number of ether oxygens (including phenoxy) is 1. The minimum absolute atomic E-state index is 0.0558. The maximum Gasteiger partial charge on any atom is 0.306 e. The van der Waals surface area contributed by atoms with Gasteiger partial charge in [0, 0.05) is 23.7 Å². The number of thioether (sulfide) groups is 1. The first kappa shape index (κ1) is 14.4. The lowest BCUT2D eigenvalue weighted by Crippen LogP contribution is -2.48. The number of amides is 1. The van der Waals surface area contributed by atoms with Crippen molar-refractivity contribution in [2.75, 3.05) is 25.4 Å². The van der Waals surface area contributed by atoms with Crippen LogP contribution in [0, 0.1) is 0 Å². The standard InChI is InChI=1S/C15H17NO4S/c17-14(18)7-10-8-16(5-6-20-10)15(19)12-9-21-13-4-2-1-3-11(12)13/h1-4,10,12H,5-9H2,(H,17,18)/t10-,12+/m1/s1. The van der Waals surface area contributed by atoms with Gasteiger partial charge >= 0.3 is 5.97 Å². The summed E-state index contributed by atoms with van der Waals surface area (Å²) in [6.45, 7) is 1.32. The molecule has 1 amide bonds. The van der Waals surface area contributed by atoms with Gasteiger partial charge in [-0.1, -0.05) is 18.2 Å². The molecular formula is C15H17NO4S. The van der Waals surface area contributed by atoms with Gasteiger partial charge < -0.3 is 14.7 Å². The molecule has 2 heterocycles. The molecule has 0 unspecified atom stereocenters. The second-order valence-corrected chi connectivity index (χ2v) is 6.34. The minimum atomic E-state index is -0.893. The third kappa shape index (κ3) is 3.06. The van der Waals surface area contributed by atoms with E-state index in [1.165, 1.54) is 4.90 Å². The Bertz CT molecular complexity index is 562. The van der Waals surface area contributed by atoms with Crippen molar-refractivity contribution in [2.45, 2.75) is 23.3 Å². The van der Waals surface area contributed by atoms with Crippen LogP contribution in [0.3, 0.4) is 0 Å². The molecule has 1 fully saturated rings. The van der Waals surface area contributed by atoms with Gasteiger partial charge in [-0.25, -0.2) is 0 Å². The maximum absolute atomic E-state index is 12.7. The van der Waals surface area contributed by atoms with Crippen LogP contribution in [0.1, 0.15) is 17.9 Å². The molecule has 1 N–H and O–H groups in total. The van der Waals surface area contributed by atoms with Crippen molar-refractivity contribution in [3.8, 4) is 0 Å². The van der Waals surface area contributed by atoms with Crippen molar-refractivity contribution in [1.82, 2.24) is 4.90 Å². The molecule has 1 saturated heterocycles. The van der Waals surface area contributed by atoms with E-state index in [1.54, 1.807) is 16.7 Å². The lowest BCUT2D eigenvalue weighted by Gasteiger charge is -2.34. The second-order valence-electron chi connectivity index (χ2n) is 5.28. The van der Waals surface area contributed by atoms with Gasteiger partial charge in [0.15, 0.2) is 0 Å². The fourth-order valence-electron chi connectivity index (χ4n) is 2.83. The highest BCUT2D eigenvalue weighted by Crippen LogP contribution is 2.40. The largest absolute Gasteiger partial charge is 0.481 e. The van der Waals surface area contributed by atoms with Crippen molar-refractivity contribution >= 4 is 23.6 Å². The Morgan fingerprint density at radius 2 is 2.19 bits per heavy atom. The predicted molar refractivity (Wildman–Crippen MR) is 78.5 cm³/mol. The monoisotopic (exact) mass is 307 g/mol. The van der Waals surface area contributed by atoms with E-state index in [-0.39, 0.29) is 18.2 Å². The van der Waals surface area contributed by atoms with E-state index in [1.807, 2.05) is 24.3 Å². The molecule has 3 rings (SSSR count). The summed E-state index contributed by atoms with van der Waals surface area (Å²) in [5.74, 6) is -0.156. The summed E-state index contributed by atoms with van der Waals surface area (Å²) in [6.07, 6.45) is -0.454. The van der Waals surface area contributed by atoms with Gasteiger partial charge in [-0.15, -0.1) is 11.8 Å². The van der Waals surface area contributed by atoms with Crippen molar-refractivity contribution in [1.29, 1.82) is 0 Å². The molecule has 0 saturated carbocycles. The number of carbonyl (C=O) groups excluding carboxylic acids is 1. The van der Waals surface area contributed by atoms with Crippen LogP contribution >= 0.6 is 11.8 Å². The molecule has 2 aliphatic rings. The number of fused-ring (bicyclic) bond motifs is 1. The first-order valence-electron chi connectivity index (χ1n) is 6.99. The number of hydrogen-bond acceptors (Lipinski definition) is 4. The lowest BCUT2D eigenvalue weighted by molar-refractivity contribution is -0.148. The topological polar surface area (TPSA) is 66.8 Å². The van der Waals surface area contributed by atoms with Crippen LogP contribution in [-0.4, -0.2) is 53.4 Å². The van der Waals surface area contributed by atoms with Gasteiger partial charge in [0.25, 0.3) is 0 Å². The normalized spacial score (nSPS) is 24.7. The Balaban J connectivity index is 1.70. The Kier molecular flexibility index (Phi) is 4.17. The average Bonchev–Trinajstić information content (AvgIpc) is 2.90. The van der Waals surface area contributed by atoms with E-state index < -0.39 is 12.1 Å². The average molecular weight is 307 g/mol. The van der Waals surface area contributed by atoms with E-state index in [2.05, 4.69) is 0 Å². The number of hydrogen-bond donors (Lipinski definition) is 1.